The minimum atomic E-state index is -3.35. The average molecular weight is 383 g/mol. The summed E-state index contributed by atoms with van der Waals surface area (Å²) < 4.78 is 32.1. The van der Waals surface area contributed by atoms with Crippen LogP contribution < -0.4 is 5.32 Å². The number of benzene rings is 1. The lowest BCUT2D eigenvalue weighted by Crippen LogP contribution is -2.43. The van der Waals surface area contributed by atoms with Crippen LogP contribution in [0.3, 0.4) is 0 Å². The number of carbonyl (C=O) groups is 1. The number of rotatable bonds is 9. The quantitative estimate of drug-likeness (QED) is 0.664. The minimum absolute atomic E-state index is 0.0218. The van der Waals surface area contributed by atoms with Crippen LogP contribution >= 0.6 is 0 Å². The van der Waals surface area contributed by atoms with Crippen molar-refractivity contribution in [3.63, 3.8) is 0 Å². The summed E-state index contributed by atoms with van der Waals surface area (Å²) in [4.78, 5) is 12.2. The normalized spacial score (nSPS) is 16.5. The van der Waals surface area contributed by atoms with Gasteiger partial charge >= 0.3 is 0 Å². The van der Waals surface area contributed by atoms with Crippen molar-refractivity contribution in [2.75, 3.05) is 32.8 Å². The molecule has 1 N–H and O–H groups in total. The molecule has 0 atom stereocenters. The number of nitrogens with zero attached hydrogens (tertiary/aromatic N) is 1. The van der Waals surface area contributed by atoms with E-state index < -0.39 is 10.0 Å². The molecular weight excluding hydrogens is 352 g/mol. The molecule has 0 radical (unpaired) electrons. The summed E-state index contributed by atoms with van der Waals surface area (Å²) in [5.74, 6) is -0.0574. The first-order valence-corrected chi connectivity index (χ1v) is 10.9. The van der Waals surface area contributed by atoms with Gasteiger partial charge < -0.3 is 10.1 Å². The van der Waals surface area contributed by atoms with E-state index in [4.69, 9.17) is 4.74 Å². The molecule has 7 heteroatoms. The van der Waals surface area contributed by atoms with Crippen LogP contribution in [-0.4, -0.2) is 51.5 Å². The van der Waals surface area contributed by atoms with Gasteiger partial charge in [-0.15, -0.1) is 0 Å². The Morgan fingerprint density at radius 3 is 2.62 bits per heavy atom. The number of hydrogen-bond donors (Lipinski definition) is 1. The third-order valence-corrected chi connectivity index (χ3v) is 6.61. The van der Waals surface area contributed by atoms with Crippen LogP contribution in [0.15, 0.2) is 24.3 Å². The molecule has 6 nitrogen and oxygen atoms in total. The van der Waals surface area contributed by atoms with Crippen LogP contribution in [0, 0.1) is 12.8 Å². The van der Waals surface area contributed by atoms with E-state index in [1.165, 1.54) is 4.31 Å². The van der Waals surface area contributed by atoms with Crippen LogP contribution in [0.1, 0.15) is 37.3 Å². The van der Waals surface area contributed by atoms with E-state index in [1.54, 1.807) is 0 Å². The largest absolute Gasteiger partial charge is 0.382 e. The molecular formula is C19H30N2O4S. The van der Waals surface area contributed by atoms with E-state index in [9.17, 15) is 13.2 Å². The molecule has 0 aliphatic carbocycles. The van der Waals surface area contributed by atoms with Gasteiger partial charge in [0, 0.05) is 38.8 Å². The topological polar surface area (TPSA) is 75.7 Å². The summed E-state index contributed by atoms with van der Waals surface area (Å²) in [6, 6.07) is 7.55. The molecule has 1 heterocycles. The number of aryl methyl sites for hydroxylation is 1. The number of sulfonamides is 1. The average Bonchev–Trinajstić information content (AvgIpc) is 2.63. The summed E-state index contributed by atoms with van der Waals surface area (Å²) in [6.45, 7) is 6.61. The molecule has 0 unspecified atom stereocenters. The van der Waals surface area contributed by atoms with Crippen molar-refractivity contribution in [1.82, 2.24) is 9.62 Å². The van der Waals surface area contributed by atoms with E-state index in [1.807, 2.05) is 38.1 Å². The van der Waals surface area contributed by atoms with Crippen molar-refractivity contribution in [1.29, 1.82) is 0 Å². The van der Waals surface area contributed by atoms with Crippen molar-refractivity contribution in [3.8, 4) is 0 Å². The highest BCUT2D eigenvalue weighted by atomic mass is 32.2. The number of piperidine rings is 1. The van der Waals surface area contributed by atoms with E-state index in [-0.39, 0.29) is 17.6 Å². The Bertz CT molecular complexity index is 683. The second-order valence-electron chi connectivity index (χ2n) is 6.70. The fourth-order valence-corrected chi connectivity index (χ4v) is 4.80. The molecule has 1 fully saturated rings. The standard InChI is InChI=1S/C19H30N2O4S/c1-3-25-14-6-11-20-19(22)17-9-12-21(13-10-17)26(23,24)15-18-8-5-4-7-16(18)2/h4-5,7-8,17H,3,6,9-15H2,1-2H3,(H,20,22). The fraction of sp³-hybridized carbons (Fsp3) is 0.632. The van der Waals surface area contributed by atoms with Crippen molar-refractivity contribution < 1.29 is 17.9 Å². The van der Waals surface area contributed by atoms with Gasteiger partial charge in [0.1, 0.15) is 0 Å². The zero-order chi connectivity index (χ0) is 19.0. The molecule has 2 rings (SSSR count). The summed E-state index contributed by atoms with van der Waals surface area (Å²) >= 11 is 0. The highest BCUT2D eigenvalue weighted by Gasteiger charge is 2.31. The predicted octanol–water partition coefficient (Wildman–Crippen LogP) is 2.08. The number of amides is 1. The molecule has 0 bridgehead atoms. The van der Waals surface area contributed by atoms with Gasteiger partial charge in [-0.25, -0.2) is 12.7 Å². The Balaban J connectivity index is 1.80. The molecule has 1 aliphatic heterocycles. The van der Waals surface area contributed by atoms with Crippen LogP contribution in [-0.2, 0) is 25.3 Å². The first kappa shape index (κ1) is 20.9. The number of hydrogen-bond acceptors (Lipinski definition) is 4. The lowest BCUT2D eigenvalue weighted by atomic mass is 9.97. The van der Waals surface area contributed by atoms with Crippen LogP contribution in [0.2, 0.25) is 0 Å². The Morgan fingerprint density at radius 2 is 1.96 bits per heavy atom. The number of carbonyl (C=O) groups excluding carboxylic acids is 1. The summed E-state index contributed by atoms with van der Waals surface area (Å²) in [7, 11) is -3.35. The summed E-state index contributed by atoms with van der Waals surface area (Å²) in [5, 5.41) is 2.93. The van der Waals surface area contributed by atoms with Crippen molar-refractivity contribution in [2.24, 2.45) is 5.92 Å². The van der Waals surface area contributed by atoms with E-state index in [2.05, 4.69) is 5.32 Å². The molecule has 1 aromatic rings. The van der Waals surface area contributed by atoms with Gasteiger partial charge in [0.25, 0.3) is 0 Å². The monoisotopic (exact) mass is 382 g/mol. The third kappa shape index (κ3) is 6.07. The zero-order valence-electron chi connectivity index (χ0n) is 15.7. The van der Waals surface area contributed by atoms with E-state index in [0.29, 0.717) is 45.7 Å². The maximum atomic E-state index is 12.7. The lowest BCUT2D eigenvalue weighted by molar-refractivity contribution is -0.126. The first-order chi connectivity index (χ1) is 12.4. The van der Waals surface area contributed by atoms with Crippen LogP contribution in [0.5, 0.6) is 0 Å². The Morgan fingerprint density at radius 1 is 1.27 bits per heavy atom. The van der Waals surface area contributed by atoms with Gasteiger partial charge in [-0.1, -0.05) is 24.3 Å². The molecule has 0 aromatic heterocycles. The maximum absolute atomic E-state index is 12.7. The number of nitrogens with one attached hydrogen (secondary N) is 1. The second kappa shape index (κ2) is 10.0. The lowest BCUT2D eigenvalue weighted by Gasteiger charge is -2.30. The summed E-state index contributed by atoms with van der Waals surface area (Å²) in [5.41, 5.74) is 1.82. The maximum Gasteiger partial charge on any atom is 0.223 e. The highest BCUT2D eigenvalue weighted by molar-refractivity contribution is 7.88. The van der Waals surface area contributed by atoms with E-state index >= 15 is 0 Å². The van der Waals surface area contributed by atoms with Crippen LogP contribution in [0.25, 0.3) is 0 Å². The zero-order valence-corrected chi connectivity index (χ0v) is 16.6. The van der Waals surface area contributed by atoms with Gasteiger partial charge in [0.2, 0.25) is 15.9 Å². The Kier molecular flexibility index (Phi) is 8.06. The SMILES string of the molecule is CCOCCCNC(=O)C1CCN(S(=O)(=O)Cc2ccccc2C)CC1. The Hall–Kier alpha value is -1.44. The third-order valence-electron chi connectivity index (χ3n) is 4.79. The summed E-state index contributed by atoms with van der Waals surface area (Å²) in [6.07, 6.45) is 1.94. The molecule has 0 saturated carbocycles. The molecule has 1 aromatic carbocycles. The molecule has 146 valence electrons. The van der Waals surface area contributed by atoms with Crippen LogP contribution in [0.4, 0.5) is 0 Å². The first-order valence-electron chi connectivity index (χ1n) is 9.32. The van der Waals surface area contributed by atoms with E-state index in [0.717, 1.165) is 17.5 Å². The second-order valence-corrected chi connectivity index (χ2v) is 8.67. The minimum Gasteiger partial charge on any atom is -0.382 e. The van der Waals surface area contributed by atoms with Gasteiger partial charge in [0.05, 0.1) is 5.75 Å². The molecule has 1 amide bonds. The predicted molar refractivity (Wildman–Crippen MR) is 102 cm³/mol. The highest BCUT2D eigenvalue weighted by Crippen LogP contribution is 2.22. The smallest absolute Gasteiger partial charge is 0.223 e. The van der Waals surface area contributed by atoms with Crippen molar-refractivity contribution >= 4 is 15.9 Å². The Labute approximate surface area is 157 Å². The van der Waals surface area contributed by atoms with Gasteiger partial charge in [-0.2, -0.15) is 0 Å². The molecule has 26 heavy (non-hydrogen) atoms. The van der Waals surface area contributed by atoms with Crippen molar-refractivity contribution in [2.45, 2.75) is 38.9 Å². The molecule has 1 saturated heterocycles. The van der Waals surface area contributed by atoms with Crippen molar-refractivity contribution in [3.05, 3.63) is 35.4 Å². The fourth-order valence-electron chi connectivity index (χ4n) is 3.13. The number of ether oxygens (including phenoxy) is 1. The molecule has 1 aliphatic rings. The van der Waals surface area contributed by atoms with Gasteiger partial charge in [-0.05, 0) is 44.2 Å². The van der Waals surface area contributed by atoms with Gasteiger partial charge in [0.15, 0.2) is 0 Å². The van der Waals surface area contributed by atoms with Gasteiger partial charge in [-0.3, -0.25) is 4.79 Å². The molecule has 0 spiro atoms.